The van der Waals surface area contributed by atoms with Gasteiger partial charge in [0.2, 0.25) is 17.7 Å². The highest BCUT2D eigenvalue weighted by Crippen LogP contribution is 2.22. The maximum absolute atomic E-state index is 12.5. The van der Waals surface area contributed by atoms with Gasteiger partial charge in [-0.2, -0.15) is 0 Å². The Morgan fingerprint density at radius 2 is 1.59 bits per heavy atom. The van der Waals surface area contributed by atoms with Crippen molar-refractivity contribution in [2.75, 3.05) is 28.7 Å². The van der Waals surface area contributed by atoms with Crippen molar-refractivity contribution in [3.8, 4) is 0 Å². The first-order valence-electron chi connectivity index (χ1n) is 9.03. The molecule has 0 aliphatic rings. The predicted octanol–water partition coefficient (Wildman–Crippen LogP) is 2.81. The van der Waals surface area contributed by atoms with Crippen LogP contribution in [-0.4, -0.2) is 36.8 Å². The fourth-order valence-electron chi connectivity index (χ4n) is 2.68. The van der Waals surface area contributed by atoms with Crippen molar-refractivity contribution in [1.82, 2.24) is 0 Å². The van der Waals surface area contributed by atoms with Crippen LogP contribution in [0.1, 0.15) is 31.1 Å². The number of benzene rings is 2. The van der Waals surface area contributed by atoms with Crippen molar-refractivity contribution in [3.05, 3.63) is 54.1 Å². The van der Waals surface area contributed by atoms with E-state index in [0.29, 0.717) is 17.1 Å². The number of nitrogens with zero attached hydrogens (tertiary/aromatic N) is 1. The molecule has 8 nitrogen and oxygen atoms in total. The molecule has 0 heterocycles. The fraction of sp³-hybridized carbons (Fsp3) is 0.238. The molecule has 29 heavy (non-hydrogen) atoms. The second-order valence-corrected chi connectivity index (χ2v) is 6.15. The SMILES string of the molecule is CCOC(=O)c1ccccc1N(CC(=O)Nc1cccc(NC(C)=O)c1)C(C)=O. The lowest BCUT2D eigenvalue weighted by Crippen LogP contribution is -2.37. The molecule has 2 aromatic rings. The predicted molar refractivity (Wildman–Crippen MR) is 110 cm³/mol. The Kier molecular flexibility index (Phi) is 7.47. The smallest absolute Gasteiger partial charge is 0.340 e. The van der Waals surface area contributed by atoms with Gasteiger partial charge in [-0.15, -0.1) is 0 Å². The largest absolute Gasteiger partial charge is 0.462 e. The van der Waals surface area contributed by atoms with Gasteiger partial charge in [-0.25, -0.2) is 4.79 Å². The standard InChI is InChI=1S/C21H23N3O5/c1-4-29-21(28)18-10-5-6-11-19(18)24(15(3)26)13-20(27)23-17-9-7-8-16(12-17)22-14(2)25/h5-12H,4,13H2,1-3H3,(H,22,25)(H,23,27). The van der Waals surface area contributed by atoms with E-state index in [0.717, 1.165) is 0 Å². The Hall–Kier alpha value is -3.68. The summed E-state index contributed by atoms with van der Waals surface area (Å²) in [5.41, 5.74) is 1.49. The molecule has 0 bridgehead atoms. The minimum Gasteiger partial charge on any atom is -0.462 e. The zero-order chi connectivity index (χ0) is 21.4. The van der Waals surface area contributed by atoms with Crippen molar-refractivity contribution in [1.29, 1.82) is 0 Å². The Balaban J connectivity index is 2.20. The number of carbonyl (C=O) groups is 4. The van der Waals surface area contributed by atoms with Gasteiger partial charge in [0.05, 0.1) is 17.9 Å². The zero-order valence-corrected chi connectivity index (χ0v) is 16.5. The third-order valence-corrected chi connectivity index (χ3v) is 3.84. The minimum absolute atomic E-state index is 0.193. The van der Waals surface area contributed by atoms with Gasteiger partial charge in [0.1, 0.15) is 6.54 Å². The number of para-hydroxylation sites is 1. The highest BCUT2D eigenvalue weighted by molar-refractivity contribution is 6.06. The van der Waals surface area contributed by atoms with Crippen molar-refractivity contribution < 1.29 is 23.9 Å². The van der Waals surface area contributed by atoms with Gasteiger partial charge in [-0.1, -0.05) is 18.2 Å². The molecule has 0 radical (unpaired) electrons. The van der Waals surface area contributed by atoms with Gasteiger partial charge >= 0.3 is 5.97 Å². The van der Waals surface area contributed by atoms with E-state index < -0.39 is 17.8 Å². The Bertz CT molecular complexity index is 926. The Morgan fingerprint density at radius 1 is 0.931 bits per heavy atom. The summed E-state index contributed by atoms with van der Waals surface area (Å²) in [4.78, 5) is 49.3. The summed E-state index contributed by atoms with van der Waals surface area (Å²) in [6, 6.07) is 13.1. The minimum atomic E-state index is -0.572. The number of amides is 3. The van der Waals surface area contributed by atoms with Crippen LogP contribution in [0.5, 0.6) is 0 Å². The Labute approximate surface area is 168 Å². The molecule has 0 atom stereocenters. The molecule has 2 N–H and O–H groups in total. The summed E-state index contributed by atoms with van der Waals surface area (Å²) < 4.78 is 5.03. The average Bonchev–Trinajstić information content (AvgIpc) is 2.66. The van der Waals surface area contributed by atoms with E-state index in [4.69, 9.17) is 4.74 Å². The summed E-state index contributed by atoms with van der Waals surface area (Å²) in [6.45, 7) is 4.28. The quantitative estimate of drug-likeness (QED) is 0.699. The van der Waals surface area contributed by atoms with Crippen LogP contribution in [0.4, 0.5) is 17.1 Å². The molecule has 0 fully saturated rings. The van der Waals surface area contributed by atoms with Crippen molar-refractivity contribution in [2.45, 2.75) is 20.8 Å². The van der Waals surface area contributed by atoms with Crippen LogP contribution in [0, 0.1) is 0 Å². The molecule has 0 unspecified atom stereocenters. The van der Waals surface area contributed by atoms with E-state index in [9.17, 15) is 19.2 Å². The second kappa shape index (κ2) is 10.0. The second-order valence-electron chi connectivity index (χ2n) is 6.15. The number of rotatable bonds is 7. The highest BCUT2D eigenvalue weighted by Gasteiger charge is 2.22. The molecular weight excluding hydrogens is 374 g/mol. The van der Waals surface area contributed by atoms with E-state index in [2.05, 4.69) is 10.6 Å². The lowest BCUT2D eigenvalue weighted by molar-refractivity contribution is -0.120. The van der Waals surface area contributed by atoms with Gasteiger partial charge in [0.15, 0.2) is 0 Å². The molecule has 0 aliphatic carbocycles. The van der Waals surface area contributed by atoms with E-state index in [-0.39, 0.29) is 24.6 Å². The van der Waals surface area contributed by atoms with Crippen LogP contribution < -0.4 is 15.5 Å². The number of nitrogens with one attached hydrogen (secondary N) is 2. The monoisotopic (exact) mass is 397 g/mol. The summed E-state index contributed by atoms with van der Waals surface area (Å²) in [5.74, 6) is -1.66. The van der Waals surface area contributed by atoms with E-state index in [1.54, 1.807) is 49.4 Å². The van der Waals surface area contributed by atoms with Gasteiger partial charge in [0, 0.05) is 25.2 Å². The molecule has 8 heteroatoms. The van der Waals surface area contributed by atoms with E-state index >= 15 is 0 Å². The lowest BCUT2D eigenvalue weighted by atomic mass is 10.1. The summed E-state index contributed by atoms with van der Waals surface area (Å²) >= 11 is 0. The third kappa shape index (κ3) is 6.17. The van der Waals surface area contributed by atoms with Crippen molar-refractivity contribution in [3.63, 3.8) is 0 Å². The summed E-state index contributed by atoms with van der Waals surface area (Å²) in [5, 5.41) is 5.31. The molecule has 0 aromatic heterocycles. The lowest BCUT2D eigenvalue weighted by Gasteiger charge is -2.23. The first-order valence-corrected chi connectivity index (χ1v) is 9.03. The molecule has 3 amide bonds. The van der Waals surface area contributed by atoms with Crippen LogP contribution in [0.25, 0.3) is 0 Å². The van der Waals surface area contributed by atoms with Crippen molar-refractivity contribution in [2.24, 2.45) is 0 Å². The van der Waals surface area contributed by atoms with Crippen LogP contribution in [0.3, 0.4) is 0 Å². The molecule has 0 saturated heterocycles. The van der Waals surface area contributed by atoms with Crippen molar-refractivity contribution >= 4 is 40.8 Å². The molecule has 2 aromatic carbocycles. The van der Waals surface area contributed by atoms with E-state index in [1.165, 1.54) is 24.8 Å². The first kappa shape index (κ1) is 21.6. The zero-order valence-electron chi connectivity index (χ0n) is 16.5. The average molecular weight is 397 g/mol. The van der Waals surface area contributed by atoms with Crippen LogP contribution in [-0.2, 0) is 19.1 Å². The maximum Gasteiger partial charge on any atom is 0.340 e. The highest BCUT2D eigenvalue weighted by atomic mass is 16.5. The number of anilines is 3. The van der Waals surface area contributed by atoms with Crippen LogP contribution in [0.15, 0.2) is 48.5 Å². The number of ether oxygens (including phenoxy) is 1. The van der Waals surface area contributed by atoms with Gasteiger partial charge < -0.3 is 20.3 Å². The fourth-order valence-corrected chi connectivity index (χ4v) is 2.68. The number of hydrogen-bond donors (Lipinski definition) is 2. The van der Waals surface area contributed by atoms with Crippen LogP contribution >= 0.6 is 0 Å². The van der Waals surface area contributed by atoms with Gasteiger partial charge in [-0.05, 0) is 37.3 Å². The molecule has 2 rings (SSSR count). The normalized spacial score (nSPS) is 10.0. The maximum atomic E-state index is 12.5. The van der Waals surface area contributed by atoms with Crippen LogP contribution in [0.2, 0.25) is 0 Å². The molecule has 152 valence electrons. The number of esters is 1. The number of hydrogen-bond acceptors (Lipinski definition) is 5. The molecule has 0 spiro atoms. The van der Waals surface area contributed by atoms with Gasteiger partial charge in [0.25, 0.3) is 0 Å². The molecule has 0 saturated carbocycles. The topological polar surface area (TPSA) is 105 Å². The molecule has 0 aliphatic heterocycles. The number of carbonyl (C=O) groups excluding carboxylic acids is 4. The molecular formula is C21H23N3O5. The van der Waals surface area contributed by atoms with Gasteiger partial charge in [-0.3, -0.25) is 14.4 Å². The summed E-state index contributed by atoms with van der Waals surface area (Å²) in [7, 11) is 0. The first-order chi connectivity index (χ1) is 13.8. The van der Waals surface area contributed by atoms with E-state index in [1.807, 2.05) is 0 Å². The third-order valence-electron chi connectivity index (χ3n) is 3.84. The Morgan fingerprint density at radius 3 is 2.21 bits per heavy atom. The summed E-state index contributed by atoms with van der Waals surface area (Å²) in [6.07, 6.45) is 0.